The zero-order valence-corrected chi connectivity index (χ0v) is 8.55. The van der Waals surface area contributed by atoms with E-state index in [2.05, 4.69) is 9.97 Å². The third kappa shape index (κ3) is 2.77. The molecule has 0 saturated carbocycles. The number of aromatic nitrogens is 2. The van der Waals surface area contributed by atoms with E-state index in [0.717, 1.165) is 11.4 Å². The van der Waals surface area contributed by atoms with Crippen LogP contribution in [0.2, 0.25) is 0 Å². The first-order chi connectivity index (χ1) is 7.34. The molecule has 0 saturated heterocycles. The third-order valence-corrected chi connectivity index (χ3v) is 2.02. The maximum Gasteiger partial charge on any atom is 0.132 e. The lowest BCUT2D eigenvalue weighted by Gasteiger charge is -2.04. The minimum atomic E-state index is 0.455. The summed E-state index contributed by atoms with van der Waals surface area (Å²) in [5.74, 6) is 0.853. The van der Waals surface area contributed by atoms with E-state index in [1.54, 1.807) is 18.6 Å². The molecule has 1 heterocycles. The van der Waals surface area contributed by atoms with E-state index in [-0.39, 0.29) is 0 Å². The van der Waals surface area contributed by atoms with Gasteiger partial charge < -0.3 is 4.74 Å². The van der Waals surface area contributed by atoms with Gasteiger partial charge in [-0.2, -0.15) is 0 Å². The van der Waals surface area contributed by atoms with Crippen molar-refractivity contribution in [1.29, 1.82) is 0 Å². The second-order valence-corrected chi connectivity index (χ2v) is 3.30. The molecule has 0 aliphatic heterocycles. The summed E-state index contributed by atoms with van der Waals surface area (Å²) < 4.78 is 5.54. The Balaban J connectivity index is 1.96. The van der Waals surface area contributed by atoms with Crippen molar-refractivity contribution < 1.29 is 4.74 Å². The second kappa shape index (κ2) is 4.55. The van der Waals surface area contributed by atoms with Crippen LogP contribution in [0.4, 0.5) is 0 Å². The Hall–Kier alpha value is -1.90. The summed E-state index contributed by atoms with van der Waals surface area (Å²) in [4.78, 5) is 8.09. The van der Waals surface area contributed by atoms with Crippen molar-refractivity contribution in [1.82, 2.24) is 9.97 Å². The zero-order valence-electron chi connectivity index (χ0n) is 8.55. The summed E-state index contributed by atoms with van der Waals surface area (Å²) >= 11 is 0. The van der Waals surface area contributed by atoms with Gasteiger partial charge in [0.1, 0.15) is 12.4 Å². The number of nitrogens with zero attached hydrogens (tertiary/aromatic N) is 2. The quantitative estimate of drug-likeness (QED) is 0.762. The van der Waals surface area contributed by atoms with Crippen LogP contribution < -0.4 is 4.74 Å². The summed E-state index contributed by atoms with van der Waals surface area (Å²) in [6.45, 7) is 2.50. The molecule has 2 aromatic rings. The normalized spacial score (nSPS) is 9.93. The minimum Gasteiger partial charge on any atom is -0.487 e. The zero-order chi connectivity index (χ0) is 10.5. The second-order valence-electron chi connectivity index (χ2n) is 3.30. The van der Waals surface area contributed by atoms with Crippen LogP contribution >= 0.6 is 0 Å². The largest absolute Gasteiger partial charge is 0.487 e. The Morgan fingerprint density at radius 1 is 1.13 bits per heavy atom. The molecule has 0 fully saturated rings. The fourth-order valence-electron chi connectivity index (χ4n) is 1.20. The predicted molar refractivity (Wildman–Crippen MR) is 57.5 cm³/mol. The highest BCUT2D eigenvalue weighted by Gasteiger charge is 1.95. The van der Waals surface area contributed by atoms with E-state index in [1.807, 2.05) is 31.2 Å². The molecule has 15 heavy (non-hydrogen) atoms. The highest BCUT2D eigenvalue weighted by Crippen LogP contribution is 2.12. The van der Waals surface area contributed by atoms with Gasteiger partial charge in [0.15, 0.2) is 0 Å². The number of benzene rings is 1. The molecule has 3 heteroatoms. The standard InChI is InChI=1S/C12H12N2O/c1-10-2-4-12(5-3-10)15-9-11-8-13-6-7-14-11/h2-8H,9H2,1H3. The van der Waals surface area contributed by atoms with Crippen molar-refractivity contribution in [2.24, 2.45) is 0 Å². The lowest BCUT2D eigenvalue weighted by Crippen LogP contribution is -1.98. The summed E-state index contributed by atoms with van der Waals surface area (Å²) in [5.41, 5.74) is 2.06. The van der Waals surface area contributed by atoms with E-state index in [1.165, 1.54) is 5.56 Å². The van der Waals surface area contributed by atoms with Crippen molar-refractivity contribution in [3.8, 4) is 5.75 Å². The molecule has 0 amide bonds. The first-order valence-electron chi connectivity index (χ1n) is 4.79. The van der Waals surface area contributed by atoms with Gasteiger partial charge in [-0.3, -0.25) is 9.97 Å². The summed E-state index contributed by atoms with van der Waals surface area (Å²) in [6, 6.07) is 7.94. The Bertz CT molecular complexity index is 411. The van der Waals surface area contributed by atoms with Gasteiger partial charge in [0, 0.05) is 12.4 Å². The highest BCUT2D eigenvalue weighted by molar-refractivity contribution is 5.26. The van der Waals surface area contributed by atoms with Crippen LogP contribution in [0.1, 0.15) is 11.3 Å². The predicted octanol–water partition coefficient (Wildman–Crippen LogP) is 2.36. The number of rotatable bonds is 3. The SMILES string of the molecule is Cc1ccc(OCc2cnccn2)cc1. The molecule has 0 bridgehead atoms. The topological polar surface area (TPSA) is 35.0 Å². The molecular weight excluding hydrogens is 188 g/mol. The molecule has 0 aliphatic rings. The molecule has 76 valence electrons. The molecule has 0 atom stereocenters. The van der Waals surface area contributed by atoms with E-state index in [4.69, 9.17) is 4.74 Å². The number of aryl methyl sites for hydroxylation is 1. The number of ether oxygens (including phenoxy) is 1. The first kappa shape index (κ1) is 9.65. The molecule has 0 radical (unpaired) electrons. The van der Waals surface area contributed by atoms with Crippen molar-refractivity contribution >= 4 is 0 Å². The summed E-state index contributed by atoms with van der Waals surface area (Å²) in [7, 11) is 0. The van der Waals surface area contributed by atoms with Gasteiger partial charge in [0.05, 0.1) is 11.9 Å². The number of hydrogen-bond acceptors (Lipinski definition) is 3. The molecule has 3 nitrogen and oxygen atoms in total. The van der Waals surface area contributed by atoms with Crippen LogP contribution in [-0.2, 0) is 6.61 Å². The van der Waals surface area contributed by atoms with Crippen molar-refractivity contribution in [2.45, 2.75) is 13.5 Å². The molecular formula is C12H12N2O. The molecule has 0 N–H and O–H groups in total. The lowest BCUT2D eigenvalue weighted by atomic mass is 10.2. The molecule has 1 aromatic carbocycles. The Labute approximate surface area is 88.8 Å². The third-order valence-electron chi connectivity index (χ3n) is 2.02. The fraction of sp³-hybridized carbons (Fsp3) is 0.167. The van der Waals surface area contributed by atoms with Crippen molar-refractivity contribution in [3.63, 3.8) is 0 Å². The van der Waals surface area contributed by atoms with Crippen LogP contribution in [0, 0.1) is 6.92 Å². The molecule has 1 aromatic heterocycles. The average molecular weight is 200 g/mol. The Morgan fingerprint density at radius 3 is 2.60 bits per heavy atom. The van der Waals surface area contributed by atoms with Crippen LogP contribution in [0.15, 0.2) is 42.9 Å². The Morgan fingerprint density at radius 2 is 1.93 bits per heavy atom. The summed E-state index contributed by atoms with van der Waals surface area (Å²) in [6.07, 6.45) is 5.01. The fourth-order valence-corrected chi connectivity index (χ4v) is 1.20. The van der Waals surface area contributed by atoms with E-state index >= 15 is 0 Å². The maximum absolute atomic E-state index is 5.54. The van der Waals surface area contributed by atoms with Crippen LogP contribution in [0.3, 0.4) is 0 Å². The monoisotopic (exact) mass is 200 g/mol. The average Bonchev–Trinajstić information content (AvgIpc) is 2.30. The van der Waals surface area contributed by atoms with Gasteiger partial charge in [0.25, 0.3) is 0 Å². The van der Waals surface area contributed by atoms with Gasteiger partial charge >= 0.3 is 0 Å². The van der Waals surface area contributed by atoms with Crippen LogP contribution in [-0.4, -0.2) is 9.97 Å². The summed E-state index contributed by atoms with van der Waals surface area (Å²) in [5, 5.41) is 0. The van der Waals surface area contributed by atoms with E-state index in [0.29, 0.717) is 6.61 Å². The first-order valence-corrected chi connectivity index (χ1v) is 4.79. The van der Waals surface area contributed by atoms with Gasteiger partial charge in [-0.05, 0) is 19.1 Å². The van der Waals surface area contributed by atoms with E-state index < -0.39 is 0 Å². The molecule has 0 aliphatic carbocycles. The van der Waals surface area contributed by atoms with Gasteiger partial charge in [-0.15, -0.1) is 0 Å². The molecule has 2 rings (SSSR count). The van der Waals surface area contributed by atoms with Crippen LogP contribution in [0.5, 0.6) is 5.75 Å². The van der Waals surface area contributed by atoms with E-state index in [9.17, 15) is 0 Å². The van der Waals surface area contributed by atoms with Crippen molar-refractivity contribution in [3.05, 3.63) is 54.1 Å². The van der Waals surface area contributed by atoms with Gasteiger partial charge in [-0.25, -0.2) is 0 Å². The lowest BCUT2D eigenvalue weighted by molar-refractivity contribution is 0.300. The van der Waals surface area contributed by atoms with Crippen molar-refractivity contribution in [2.75, 3.05) is 0 Å². The highest BCUT2D eigenvalue weighted by atomic mass is 16.5. The Kier molecular flexibility index (Phi) is 2.93. The minimum absolute atomic E-state index is 0.455. The smallest absolute Gasteiger partial charge is 0.132 e. The van der Waals surface area contributed by atoms with Gasteiger partial charge in [0.2, 0.25) is 0 Å². The molecule has 0 unspecified atom stereocenters. The number of hydrogen-bond donors (Lipinski definition) is 0. The van der Waals surface area contributed by atoms with Crippen LogP contribution in [0.25, 0.3) is 0 Å². The molecule has 0 spiro atoms. The van der Waals surface area contributed by atoms with Gasteiger partial charge in [-0.1, -0.05) is 17.7 Å². The maximum atomic E-state index is 5.54.